The Bertz CT molecular complexity index is 650. The molecule has 0 saturated carbocycles. The molecule has 0 spiro atoms. The number of aromatic nitrogens is 3. The third kappa shape index (κ3) is 3.10. The average Bonchev–Trinajstić information content (AvgIpc) is 2.85. The number of anilines is 3. The molecule has 0 aliphatic heterocycles. The van der Waals surface area contributed by atoms with Crippen LogP contribution in [0.2, 0.25) is 0 Å². The Morgan fingerprint density at radius 1 is 1.19 bits per heavy atom. The molecule has 112 valence electrons. The highest BCUT2D eigenvalue weighted by molar-refractivity contribution is 6.06. The predicted molar refractivity (Wildman–Crippen MR) is 79.9 cm³/mol. The van der Waals surface area contributed by atoms with Crippen LogP contribution < -0.4 is 15.1 Å². The minimum absolute atomic E-state index is 0.307. The van der Waals surface area contributed by atoms with Crippen LogP contribution in [0.15, 0.2) is 16.9 Å². The smallest absolute Gasteiger partial charge is 0.261 e. The summed E-state index contributed by atoms with van der Waals surface area (Å²) in [4.78, 5) is 24.4. The van der Waals surface area contributed by atoms with Gasteiger partial charge in [-0.2, -0.15) is 4.98 Å². The number of rotatable bonds is 4. The van der Waals surface area contributed by atoms with Crippen LogP contribution in [0.25, 0.3) is 0 Å². The maximum Gasteiger partial charge on any atom is 0.261 e. The van der Waals surface area contributed by atoms with Gasteiger partial charge in [0, 0.05) is 28.2 Å². The van der Waals surface area contributed by atoms with Gasteiger partial charge in [0.05, 0.1) is 12.4 Å². The highest BCUT2D eigenvalue weighted by Crippen LogP contribution is 2.23. The monoisotopic (exact) mass is 290 g/mol. The van der Waals surface area contributed by atoms with Gasteiger partial charge in [-0.15, -0.1) is 0 Å². The maximum absolute atomic E-state index is 12.2. The van der Waals surface area contributed by atoms with E-state index in [4.69, 9.17) is 4.52 Å². The van der Waals surface area contributed by atoms with E-state index in [1.54, 1.807) is 18.0 Å². The minimum Gasteiger partial charge on any atom is -0.361 e. The topological polar surface area (TPSA) is 87.4 Å². The number of hydrogen-bond acceptors (Lipinski definition) is 7. The van der Waals surface area contributed by atoms with Crippen LogP contribution in [0.3, 0.4) is 0 Å². The summed E-state index contributed by atoms with van der Waals surface area (Å²) in [5.41, 5.74) is 0.910. The largest absolute Gasteiger partial charge is 0.361 e. The molecule has 2 rings (SSSR count). The molecule has 1 amide bonds. The van der Waals surface area contributed by atoms with Crippen LogP contribution in [0.4, 0.5) is 17.5 Å². The molecular formula is C13H18N6O2. The molecule has 2 heterocycles. The van der Waals surface area contributed by atoms with Gasteiger partial charge in [-0.05, 0) is 6.92 Å². The Morgan fingerprint density at radius 3 is 2.43 bits per heavy atom. The number of carbonyl (C=O) groups is 1. The fourth-order valence-electron chi connectivity index (χ4n) is 1.71. The van der Waals surface area contributed by atoms with E-state index in [9.17, 15) is 4.79 Å². The van der Waals surface area contributed by atoms with Crippen molar-refractivity contribution in [3.8, 4) is 0 Å². The second-order valence-electron chi connectivity index (χ2n) is 4.95. The van der Waals surface area contributed by atoms with E-state index in [1.807, 2.05) is 33.1 Å². The lowest BCUT2D eigenvalue weighted by atomic mass is 10.2. The van der Waals surface area contributed by atoms with Crippen LogP contribution in [-0.4, -0.2) is 49.2 Å². The number of nitrogens with zero attached hydrogens (tertiary/aromatic N) is 5. The lowest BCUT2D eigenvalue weighted by Crippen LogP contribution is -2.21. The van der Waals surface area contributed by atoms with Crippen molar-refractivity contribution in [1.82, 2.24) is 15.1 Å². The van der Waals surface area contributed by atoms with Crippen LogP contribution in [0, 0.1) is 6.92 Å². The summed E-state index contributed by atoms with van der Waals surface area (Å²) < 4.78 is 4.89. The fraction of sp³-hybridized carbons (Fsp3) is 0.385. The molecule has 0 atom stereocenters. The normalized spacial score (nSPS) is 10.3. The van der Waals surface area contributed by atoms with Gasteiger partial charge < -0.3 is 19.6 Å². The van der Waals surface area contributed by atoms with E-state index in [2.05, 4.69) is 20.4 Å². The summed E-state index contributed by atoms with van der Waals surface area (Å²) in [6, 6.07) is 0. The third-order valence-corrected chi connectivity index (χ3v) is 2.82. The van der Waals surface area contributed by atoms with Crippen molar-refractivity contribution in [1.29, 1.82) is 0 Å². The van der Waals surface area contributed by atoms with Crippen molar-refractivity contribution in [2.45, 2.75) is 6.92 Å². The first-order chi connectivity index (χ1) is 9.90. The predicted octanol–water partition coefficient (Wildman–Crippen LogP) is 1.16. The summed E-state index contributed by atoms with van der Waals surface area (Å²) in [6.07, 6.45) is 2.97. The van der Waals surface area contributed by atoms with E-state index < -0.39 is 0 Å². The summed E-state index contributed by atoms with van der Waals surface area (Å²) in [7, 11) is 7.41. The number of carbonyl (C=O) groups excluding carboxylic acids is 1. The highest BCUT2D eigenvalue weighted by Gasteiger charge is 2.17. The summed E-state index contributed by atoms with van der Waals surface area (Å²) in [5, 5.41) is 6.37. The number of nitrogens with one attached hydrogen (secondary N) is 1. The van der Waals surface area contributed by atoms with Gasteiger partial charge in [0.25, 0.3) is 5.91 Å². The summed E-state index contributed by atoms with van der Waals surface area (Å²) in [5.74, 6) is 1.34. The molecule has 0 unspecified atom stereocenters. The van der Waals surface area contributed by atoms with Crippen molar-refractivity contribution in [3.63, 3.8) is 0 Å². The van der Waals surface area contributed by atoms with Gasteiger partial charge >= 0.3 is 0 Å². The Balaban J connectivity index is 2.31. The Kier molecular flexibility index (Phi) is 4.06. The van der Waals surface area contributed by atoms with Gasteiger partial charge in [-0.1, -0.05) is 5.16 Å². The molecule has 21 heavy (non-hydrogen) atoms. The third-order valence-electron chi connectivity index (χ3n) is 2.82. The van der Waals surface area contributed by atoms with Crippen LogP contribution >= 0.6 is 0 Å². The van der Waals surface area contributed by atoms with Gasteiger partial charge in [-0.25, -0.2) is 4.98 Å². The maximum atomic E-state index is 12.2. The SMILES string of the molecule is Cc1oncc1C(=O)Nc1cnc(N(C)C)nc1N(C)C. The second-order valence-corrected chi connectivity index (χ2v) is 4.95. The van der Waals surface area contributed by atoms with Crippen LogP contribution in [0.5, 0.6) is 0 Å². The molecule has 1 N–H and O–H groups in total. The summed E-state index contributed by atoms with van der Waals surface area (Å²) >= 11 is 0. The molecular weight excluding hydrogens is 272 g/mol. The van der Waals surface area contributed by atoms with E-state index in [0.717, 1.165) is 0 Å². The van der Waals surface area contributed by atoms with E-state index >= 15 is 0 Å². The van der Waals surface area contributed by atoms with Crippen LogP contribution in [-0.2, 0) is 0 Å². The molecule has 0 saturated heterocycles. The van der Waals surface area contributed by atoms with E-state index in [0.29, 0.717) is 28.8 Å². The lowest BCUT2D eigenvalue weighted by Gasteiger charge is -2.19. The zero-order valence-corrected chi connectivity index (χ0v) is 12.7. The van der Waals surface area contributed by atoms with Crippen molar-refractivity contribution in [2.75, 3.05) is 43.3 Å². The second kappa shape index (κ2) is 5.78. The molecule has 2 aromatic rings. The first-order valence-electron chi connectivity index (χ1n) is 6.34. The first kappa shape index (κ1) is 14.8. The van der Waals surface area contributed by atoms with Crippen molar-refractivity contribution < 1.29 is 9.32 Å². The van der Waals surface area contributed by atoms with Crippen molar-refractivity contribution in [2.24, 2.45) is 0 Å². The van der Waals surface area contributed by atoms with Gasteiger partial charge in [0.2, 0.25) is 5.95 Å². The van der Waals surface area contributed by atoms with E-state index in [1.165, 1.54) is 6.20 Å². The fourth-order valence-corrected chi connectivity index (χ4v) is 1.71. The molecule has 0 fully saturated rings. The molecule has 8 heteroatoms. The van der Waals surface area contributed by atoms with E-state index in [-0.39, 0.29) is 5.91 Å². The Labute approximate surface area is 122 Å². The molecule has 2 aromatic heterocycles. The highest BCUT2D eigenvalue weighted by atomic mass is 16.5. The molecule has 8 nitrogen and oxygen atoms in total. The zero-order valence-electron chi connectivity index (χ0n) is 12.7. The zero-order chi connectivity index (χ0) is 15.6. The first-order valence-corrected chi connectivity index (χ1v) is 6.34. The quantitative estimate of drug-likeness (QED) is 0.903. The lowest BCUT2D eigenvalue weighted by molar-refractivity contribution is 0.102. The number of amides is 1. The molecule has 0 aromatic carbocycles. The minimum atomic E-state index is -0.307. The number of aryl methyl sites for hydroxylation is 1. The molecule has 0 aliphatic carbocycles. The standard InChI is InChI=1S/C13H18N6O2/c1-8-9(6-15-21-8)12(20)16-10-7-14-13(19(4)5)17-11(10)18(2)3/h6-7H,1-5H3,(H,16,20). The average molecular weight is 290 g/mol. The molecule has 0 bridgehead atoms. The summed E-state index contributed by atoms with van der Waals surface area (Å²) in [6.45, 7) is 1.68. The molecule has 0 radical (unpaired) electrons. The number of hydrogen-bond donors (Lipinski definition) is 1. The van der Waals surface area contributed by atoms with Crippen molar-refractivity contribution in [3.05, 3.63) is 23.7 Å². The van der Waals surface area contributed by atoms with Crippen LogP contribution in [0.1, 0.15) is 16.1 Å². The van der Waals surface area contributed by atoms with Gasteiger partial charge in [0.1, 0.15) is 17.0 Å². The van der Waals surface area contributed by atoms with Gasteiger partial charge in [0.15, 0.2) is 5.82 Å². The Morgan fingerprint density at radius 2 is 1.90 bits per heavy atom. The van der Waals surface area contributed by atoms with Crippen molar-refractivity contribution >= 4 is 23.4 Å². The molecule has 0 aliphatic rings. The van der Waals surface area contributed by atoms with Gasteiger partial charge in [-0.3, -0.25) is 4.79 Å². The Hall–Kier alpha value is -2.64.